The van der Waals surface area contributed by atoms with E-state index in [1.807, 2.05) is 36.4 Å². The van der Waals surface area contributed by atoms with Crippen molar-refractivity contribution in [2.24, 2.45) is 0 Å². The van der Waals surface area contributed by atoms with Crippen LogP contribution in [0.25, 0.3) is 0 Å². The van der Waals surface area contributed by atoms with Crippen molar-refractivity contribution >= 4 is 27.3 Å². The van der Waals surface area contributed by atoms with E-state index in [4.69, 9.17) is 0 Å². The zero-order valence-corrected chi connectivity index (χ0v) is 15.6. The molecule has 0 saturated heterocycles. The lowest BCUT2D eigenvalue weighted by atomic mass is 10.2. The molecule has 0 aliphatic heterocycles. The summed E-state index contributed by atoms with van der Waals surface area (Å²) in [5, 5.41) is 2.49. The number of aromatic nitrogens is 1. The lowest BCUT2D eigenvalue weighted by Crippen LogP contribution is -2.31. The van der Waals surface area contributed by atoms with E-state index in [-0.39, 0.29) is 17.5 Å². The van der Waals surface area contributed by atoms with E-state index in [1.165, 1.54) is 29.6 Å². The van der Waals surface area contributed by atoms with Gasteiger partial charge in [0.2, 0.25) is 5.91 Å². The maximum absolute atomic E-state index is 13.2. The van der Waals surface area contributed by atoms with Gasteiger partial charge in [0.25, 0.3) is 10.0 Å². The van der Waals surface area contributed by atoms with E-state index in [0.29, 0.717) is 11.4 Å². The molecule has 1 heterocycles. The number of amides is 1. The van der Waals surface area contributed by atoms with E-state index in [0.717, 1.165) is 5.56 Å². The molecule has 2 aromatic carbocycles. The Hall–Kier alpha value is -3.19. The minimum Gasteiger partial charge on any atom is -0.325 e. The number of rotatable bonds is 6. The molecule has 6 nitrogen and oxygen atoms in total. The standard InChI is InChI=1S/C20H19N3O3S/c1-16(24)22-18-12-13-20(21-14-18)27(25,26)23(19-10-6-3-7-11-19)15-17-8-4-2-5-9-17/h2-14H,15H2,1H3,(H,22,24). The molecule has 0 saturated carbocycles. The molecule has 138 valence electrons. The van der Waals surface area contributed by atoms with E-state index in [2.05, 4.69) is 10.3 Å². The molecule has 3 aromatic rings. The van der Waals surface area contributed by atoms with Gasteiger partial charge in [-0.15, -0.1) is 0 Å². The van der Waals surface area contributed by atoms with Gasteiger partial charge in [-0.05, 0) is 29.8 Å². The summed E-state index contributed by atoms with van der Waals surface area (Å²) in [5.41, 5.74) is 1.85. The Kier molecular flexibility index (Phi) is 5.52. The van der Waals surface area contributed by atoms with E-state index >= 15 is 0 Å². The Morgan fingerprint density at radius 3 is 2.15 bits per heavy atom. The molecule has 0 radical (unpaired) electrons. The lowest BCUT2D eigenvalue weighted by molar-refractivity contribution is -0.114. The lowest BCUT2D eigenvalue weighted by Gasteiger charge is -2.24. The van der Waals surface area contributed by atoms with E-state index in [1.54, 1.807) is 24.3 Å². The van der Waals surface area contributed by atoms with Crippen LogP contribution in [0.4, 0.5) is 11.4 Å². The number of hydrogen-bond acceptors (Lipinski definition) is 4. The molecule has 0 atom stereocenters. The zero-order chi connectivity index (χ0) is 19.3. The first kappa shape index (κ1) is 18.6. The van der Waals surface area contributed by atoms with Crippen molar-refractivity contribution in [1.29, 1.82) is 0 Å². The highest BCUT2D eigenvalue weighted by molar-refractivity contribution is 7.92. The molecule has 1 aromatic heterocycles. The van der Waals surface area contributed by atoms with Crippen molar-refractivity contribution < 1.29 is 13.2 Å². The molecule has 0 unspecified atom stereocenters. The maximum atomic E-state index is 13.2. The van der Waals surface area contributed by atoms with Crippen molar-refractivity contribution in [3.63, 3.8) is 0 Å². The van der Waals surface area contributed by atoms with Crippen LogP contribution in [0.15, 0.2) is 84.0 Å². The van der Waals surface area contributed by atoms with Crippen LogP contribution in [-0.2, 0) is 21.4 Å². The maximum Gasteiger partial charge on any atom is 0.282 e. The van der Waals surface area contributed by atoms with Gasteiger partial charge >= 0.3 is 0 Å². The molecule has 0 spiro atoms. The van der Waals surface area contributed by atoms with Gasteiger partial charge in [0.1, 0.15) is 0 Å². The van der Waals surface area contributed by atoms with Crippen molar-refractivity contribution in [1.82, 2.24) is 4.98 Å². The third-order valence-electron chi connectivity index (χ3n) is 3.82. The normalized spacial score (nSPS) is 11.0. The van der Waals surface area contributed by atoms with Crippen LogP contribution < -0.4 is 9.62 Å². The van der Waals surface area contributed by atoms with E-state index in [9.17, 15) is 13.2 Å². The van der Waals surface area contributed by atoms with Gasteiger partial charge in [-0.2, -0.15) is 8.42 Å². The fraction of sp³-hybridized carbons (Fsp3) is 0.100. The number of nitrogens with one attached hydrogen (secondary N) is 1. The van der Waals surface area contributed by atoms with Gasteiger partial charge in [0.05, 0.1) is 24.1 Å². The molecule has 3 rings (SSSR count). The summed E-state index contributed by atoms with van der Waals surface area (Å²) in [6, 6.07) is 21.2. The monoisotopic (exact) mass is 381 g/mol. The summed E-state index contributed by atoms with van der Waals surface area (Å²) in [4.78, 5) is 15.2. The van der Waals surface area contributed by atoms with Crippen LogP contribution in [0.1, 0.15) is 12.5 Å². The second kappa shape index (κ2) is 8.01. The number of nitrogens with zero attached hydrogens (tertiary/aromatic N) is 2. The zero-order valence-electron chi connectivity index (χ0n) is 14.7. The second-order valence-electron chi connectivity index (χ2n) is 5.90. The van der Waals surface area contributed by atoms with Crippen molar-refractivity contribution in [2.75, 3.05) is 9.62 Å². The van der Waals surface area contributed by atoms with Gasteiger partial charge in [-0.25, -0.2) is 4.98 Å². The van der Waals surface area contributed by atoms with Gasteiger partial charge in [-0.1, -0.05) is 48.5 Å². The third-order valence-corrected chi connectivity index (χ3v) is 5.51. The summed E-state index contributed by atoms with van der Waals surface area (Å²) >= 11 is 0. The summed E-state index contributed by atoms with van der Waals surface area (Å²) in [6.45, 7) is 1.56. The number of carbonyl (C=O) groups is 1. The molecule has 27 heavy (non-hydrogen) atoms. The summed E-state index contributed by atoms with van der Waals surface area (Å²) in [6.07, 6.45) is 1.33. The highest BCUT2D eigenvalue weighted by Crippen LogP contribution is 2.25. The van der Waals surface area contributed by atoms with Crippen molar-refractivity contribution in [3.05, 3.63) is 84.6 Å². The molecule has 7 heteroatoms. The first-order valence-electron chi connectivity index (χ1n) is 8.32. The van der Waals surface area contributed by atoms with Crippen LogP contribution in [-0.4, -0.2) is 19.3 Å². The largest absolute Gasteiger partial charge is 0.325 e. The Morgan fingerprint density at radius 2 is 1.59 bits per heavy atom. The summed E-state index contributed by atoms with van der Waals surface area (Å²) in [7, 11) is -3.89. The van der Waals surface area contributed by atoms with Crippen LogP contribution in [0.3, 0.4) is 0 Å². The molecule has 0 bridgehead atoms. The number of hydrogen-bond donors (Lipinski definition) is 1. The second-order valence-corrected chi connectivity index (χ2v) is 7.71. The summed E-state index contributed by atoms with van der Waals surface area (Å²) in [5.74, 6) is -0.248. The van der Waals surface area contributed by atoms with Gasteiger partial charge in [0.15, 0.2) is 5.03 Å². The predicted molar refractivity (Wildman–Crippen MR) is 105 cm³/mol. The van der Waals surface area contributed by atoms with Gasteiger partial charge in [-0.3, -0.25) is 9.10 Å². The molecule has 0 aliphatic rings. The topological polar surface area (TPSA) is 79.4 Å². The highest BCUT2D eigenvalue weighted by Gasteiger charge is 2.26. The number of anilines is 2. The fourth-order valence-electron chi connectivity index (χ4n) is 2.58. The SMILES string of the molecule is CC(=O)Nc1ccc(S(=O)(=O)N(Cc2ccccc2)c2ccccc2)nc1. The molecular weight excluding hydrogens is 362 g/mol. The van der Waals surface area contributed by atoms with Crippen molar-refractivity contribution in [3.8, 4) is 0 Å². The number of sulfonamides is 1. The van der Waals surface area contributed by atoms with Gasteiger partial charge < -0.3 is 5.32 Å². The predicted octanol–water partition coefficient (Wildman–Crippen LogP) is 3.44. The molecule has 0 aliphatic carbocycles. The third kappa shape index (κ3) is 4.51. The molecule has 0 fully saturated rings. The first-order chi connectivity index (χ1) is 13.0. The Labute approximate surface area is 158 Å². The first-order valence-corrected chi connectivity index (χ1v) is 9.76. The molecular formula is C20H19N3O3S. The summed E-state index contributed by atoms with van der Waals surface area (Å²) < 4.78 is 27.8. The Balaban J connectivity index is 1.98. The van der Waals surface area contributed by atoms with Crippen LogP contribution in [0, 0.1) is 0 Å². The molecule has 1 N–H and O–H groups in total. The quantitative estimate of drug-likeness (QED) is 0.709. The number of carbonyl (C=O) groups excluding carboxylic acids is 1. The van der Waals surface area contributed by atoms with Crippen LogP contribution in [0.2, 0.25) is 0 Å². The Morgan fingerprint density at radius 1 is 0.963 bits per heavy atom. The highest BCUT2D eigenvalue weighted by atomic mass is 32.2. The average molecular weight is 381 g/mol. The van der Waals surface area contributed by atoms with Crippen LogP contribution in [0.5, 0.6) is 0 Å². The fourth-order valence-corrected chi connectivity index (χ4v) is 3.95. The minimum atomic E-state index is -3.89. The number of pyridine rings is 1. The minimum absolute atomic E-state index is 0.0867. The van der Waals surface area contributed by atoms with E-state index < -0.39 is 10.0 Å². The average Bonchev–Trinajstić information content (AvgIpc) is 2.67. The molecule has 1 amide bonds. The van der Waals surface area contributed by atoms with Gasteiger partial charge in [0, 0.05) is 6.92 Å². The number of para-hydroxylation sites is 1. The number of benzene rings is 2. The van der Waals surface area contributed by atoms with Crippen LogP contribution >= 0.6 is 0 Å². The van der Waals surface area contributed by atoms with Crippen molar-refractivity contribution in [2.45, 2.75) is 18.5 Å². The Bertz CT molecular complexity index is 1010. The smallest absolute Gasteiger partial charge is 0.282 e.